The fourth-order valence-electron chi connectivity index (χ4n) is 12.6. The monoisotopic (exact) mass is 786 g/mol. The number of fused-ring (bicyclic) bond motifs is 14. The lowest BCUT2D eigenvalue weighted by Crippen LogP contribution is -2.60. The number of aryl methyl sites for hydroxylation is 2. The van der Waals surface area contributed by atoms with Crippen molar-refractivity contribution in [2.75, 3.05) is 9.80 Å². The molecule has 15 rings (SSSR count). The van der Waals surface area contributed by atoms with Crippen LogP contribution >= 0.6 is 0 Å². The van der Waals surface area contributed by atoms with Crippen molar-refractivity contribution < 1.29 is 0 Å². The topological polar surface area (TPSA) is 16.3 Å². The maximum atomic E-state index is 2.65. The highest BCUT2D eigenvalue weighted by atomic mass is 15.2. The van der Waals surface area contributed by atoms with E-state index >= 15 is 0 Å². The van der Waals surface area contributed by atoms with Crippen molar-refractivity contribution in [3.8, 4) is 11.4 Å². The minimum Gasteiger partial charge on any atom is -0.311 e. The van der Waals surface area contributed by atoms with Gasteiger partial charge in [0.1, 0.15) is 0 Å². The largest absolute Gasteiger partial charge is 0.311 e. The van der Waals surface area contributed by atoms with Gasteiger partial charge in [-0.05, 0) is 118 Å². The number of rotatable bonds is 2. The standard InChI is InChI=1S/C56H36B2N4/c1-33-49-37-21-13-25-41-55(37)61(47-31-15-29-45-51(47)57(41)39-23-9-11-27-43(39)59(45)35-17-5-3-6-18-35)53(49)34(2)54-50(33)38-22-14-26-42-56(38)62(54)48-32-16-30-46-52(48)58(42)40-24-10-12-28-44(40)60(46)36-19-7-4-8-20-36/h3-32H,1-2H3. The van der Waals surface area contributed by atoms with E-state index < -0.39 is 0 Å². The fourth-order valence-corrected chi connectivity index (χ4v) is 12.6. The molecule has 0 radical (unpaired) electrons. The van der Waals surface area contributed by atoms with Gasteiger partial charge in [-0.25, -0.2) is 0 Å². The van der Waals surface area contributed by atoms with Crippen LogP contribution in [0.5, 0.6) is 0 Å². The van der Waals surface area contributed by atoms with E-state index in [0.717, 1.165) is 0 Å². The van der Waals surface area contributed by atoms with Gasteiger partial charge >= 0.3 is 0 Å². The maximum absolute atomic E-state index is 2.65. The predicted octanol–water partition coefficient (Wildman–Crippen LogP) is 9.72. The van der Waals surface area contributed by atoms with Gasteiger partial charge in [0.2, 0.25) is 0 Å². The van der Waals surface area contributed by atoms with Crippen LogP contribution in [0, 0.1) is 13.8 Å². The Hall–Kier alpha value is -7.69. The third-order valence-electron chi connectivity index (χ3n) is 14.8. The first-order chi connectivity index (χ1) is 30.7. The third kappa shape index (κ3) is 3.80. The van der Waals surface area contributed by atoms with Crippen LogP contribution in [0.3, 0.4) is 0 Å². The predicted molar refractivity (Wildman–Crippen MR) is 263 cm³/mol. The first-order valence-electron chi connectivity index (χ1n) is 21.9. The minimum absolute atomic E-state index is 0.110. The van der Waals surface area contributed by atoms with Gasteiger partial charge in [-0.15, -0.1) is 0 Å². The molecular weight excluding hydrogens is 750 g/mol. The molecule has 0 N–H and O–H groups in total. The highest BCUT2D eigenvalue weighted by molar-refractivity contribution is 7.01. The van der Waals surface area contributed by atoms with Crippen molar-refractivity contribution >= 4 is 124 Å². The van der Waals surface area contributed by atoms with Crippen LogP contribution in [0.25, 0.3) is 55.0 Å². The third-order valence-corrected chi connectivity index (χ3v) is 14.8. The van der Waals surface area contributed by atoms with Gasteiger partial charge in [-0.2, -0.15) is 0 Å². The van der Waals surface area contributed by atoms with Crippen LogP contribution in [0.2, 0.25) is 0 Å². The zero-order chi connectivity index (χ0) is 40.5. The number of anilines is 6. The summed E-state index contributed by atoms with van der Waals surface area (Å²) in [5, 5.41) is 5.37. The molecule has 2 aromatic heterocycles. The average molecular weight is 787 g/mol. The van der Waals surface area contributed by atoms with Crippen LogP contribution < -0.4 is 42.6 Å². The number of benzene rings is 9. The molecule has 286 valence electrons. The van der Waals surface area contributed by atoms with Crippen LogP contribution in [-0.4, -0.2) is 22.6 Å². The second-order valence-corrected chi connectivity index (χ2v) is 17.6. The molecular formula is C56H36B2N4. The second-order valence-electron chi connectivity index (χ2n) is 17.6. The Morgan fingerprint density at radius 2 is 0.677 bits per heavy atom. The van der Waals surface area contributed by atoms with Crippen LogP contribution in [0.15, 0.2) is 182 Å². The first kappa shape index (κ1) is 33.1. The van der Waals surface area contributed by atoms with E-state index in [9.17, 15) is 0 Å². The van der Waals surface area contributed by atoms with Crippen molar-refractivity contribution in [1.29, 1.82) is 0 Å². The highest BCUT2D eigenvalue weighted by Crippen LogP contribution is 2.48. The molecule has 0 spiro atoms. The molecule has 11 aromatic rings. The minimum atomic E-state index is 0.110. The molecule has 0 unspecified atom stereocenters. The number of hydrogen-bond acceptors (Lipinski definition) is 2. The van der Waals surface area contributed by atoms with E-state index in [0.29, 0.717) is 0 Å². The lowest BCUT2D eigenvalue weighted by Gasteiger charge is -2.40. The fraction of sp³-hybridized carbons (Fsp3) is 0.0357. The Morgan fingerprint density at radius 1 is 0.306 bits per heavy atom. The van der Waals surface area contributed by atoms with Gasteiger partial charge in [0.15, 0.2) is 0 Å². The summed E-state index contributed by atoms with van der Waals surface area (Å²) in [6, 6.07) is 68.0. The maximum Gasteiger partial charge on any atom is 0.252 e. The Morgan fingerprint density at radius 3 is 1.15 bits per heavy atom. The molecule has 9 aromatic carbocycles. The van der Waals surface area contributed by atoms with Gasteiger partial charge in [-0.1, -0.05) is 121 Å². The molecule has 4 aliphatic rings. The molecule has 0 saturated heterocycles. The van der Waals surface area contributed by atoms with Crippen molar-refractivity contribution in [1.82, 2.24) is 9.13 Å². The van der Waals surface area contributed by atoms with Crippen LogP contribution in [-0.2, 0) is 0 Å². The van der Waals surface area contributed by atoms with Crippen LogP contribution in [0.1, 0.15) is 11.1 Å². The first-order valence-corrected chi connectivity index (χ1v) is 21.9. The van der Waals surface area contributed by atoms with Crippen LogP contribution in [0.4, 0.5) is 34.1 Å². The molecule has 0 saturated carbocycles. The lowest BCUT2D eigenvalue weighted by molar-refractivity contribution is 1.15. The number of aromatic nitrogens is 2. The molecule has 4 aliphatic heterocycles. The Labute approximate surface area is 359 Å². The summed E-state index contributed by atoms with van der Waals surface area (Å²) in [6.45, 7) is 5.01. The van der Waals surface area contributed by atoms with Gasteiger partial charge in [0, 0.05) is 78.1 Å². The number of nitrogens with zero attached hydrogens (tertiary/aromatic N) is 4. The summed E-state index contributed by atoms with van der Waals surface area (Å²) in [5.41, 5.74) is 26.0. The quantitative estimate of drug-likeness (QED) is 0.162. The zero-order valence-corrected chi connectivity index (χ0v) is 34.3. The SMILES string of the molecule is Cc1c2c3cccc4c3n(c2c(C)c2c1c1cccc3c1n2-c1cccc2c1B3c1ccccc1N2c1ccccc1)-c1cccc2c1B4c1ccccc1N2c1ccccc1. The average Bonchev–Trinajstić information content (AvgIpc) is 3.87. The van der Waals surface area contributed by atoms with Gasteiger partial charge in [-0.3, -0.25) is 0 Å². The summed E-state index contributed by atoms with van der Waals surface area (Å²) in [7, 11) is 0. The lowest BCUT2D eigenvalue weighted by atomic mass is 9.34. The molecule has 0 aliphatic carbocycles. The Balaban J connectivity index is 1.09. The van der Waals surface area contributed by atoms with Crippen molar-refractivity contribution in [3.05, 3.63) is 193 Å². The Kier molecular flexibility index (Phi) is 6.17. The molecule has 6 heterocycles. The summed E-state index contributed by atoms with van der Waals surface area (Å²) < 4.78 is 5.30. The van der Waals surface area contributed by atoms with Crippen molar-refractivity contribution in [2.45, 2.75) is 13.8 Å². The van der Waals surface area contributed by atoms with E-state index in [1.54, 1.807) is 0 Å². The van der Waals surface area contributed by atoms with Crippen molar-refractivity contribution in [2.24, 2.45) is 0 Å². The second kappa shape index (κ2) is 11.6. The molecule has 4 nitrogen and oxygen atoms in total. The molecule has 6 heteroatoms. The van der Waals surface area contributed by atoms with E-state index in [-0.39, 0.29) is 13.4 Å². The van der Waals surface area contributed by atoms with Crippen molar-refractivity contribution in [3.63, 3.8) is 0 Å². The molecule has 0 bridgehead atoms. The van der Waals surface area contributed by atoms with E-state index in [1.165, 1.54) is 133 Å². The van der Waals surface area contributed by atoms with Gasteiger partial charge in [0.25, 0.3) is 13.4 Å². The summed E-state index contributed by atoms with van der Waals surface area (Å²) in [4.78, 5) is 4.96. The summed E-state index contributed by atoms with van der Waals surface area (Å²) in [6.07, 6.45) is 0. The zero-order valence-electron chi connectivity index (χ0n) is 34.3. The number of para-hydroxylation sites is 6. The summed E-state index contributed by atoms with van der Waals surface area (Å²) >= 11 is 0. The van der Waals surface area contributed by atoms with Gasteiger partial charge in [0.05, 0.1) is 11.0 Å². The smallest absolute Gasteiger partial charge is 0.252 e. The molecule has 0 amide bonds. The molecule has 0 atom stereocenters. The molecule has 62 heavy (non-hydrogen) atoms. The Bertz CT molecular complexity index is 3560. The van der Waals surface area contributed by atoms with E-state index in [1.807, 2.05) is 0 Å². The van der Waals surface area contributed by atoms with Gasteiger partial charge < -0.3 is 18.9 Å². The van der Waals surface area contributed by atoms with E-state index in [4.69, 9.17) is 0 Å². The normalized spacial score (nSPS) is 13.8. The van der Waals surface area contributed by atoms with E-state index in [2.05, 4.69) is 215 Å². The summed E-state index contributed by atoms with van der Waals surface area (Å²) in [5.74, 6) is 0. The number of hydrogen-bond donors (Lipinski definition) is 0. The highest BCUT2D eigenvalue weighted by Gasteiger charge is 2.44. The molecule has 0 fully saturated rings.